The molecule has 0 aliphatic carbocycles. The Balaban J connectivity index is 0.00000191. The monoisotopic (exact) mass is 310 g/mol. The molecule has 1 atom stereocenters. The highest BCUT2D eigenvalue weighted by molar-refractivity contribution is 7.00. The van der Waals surface area contributed by atoms with Gasteiger partial charge in [-0.15, -0.1) is 0 Å². The summed E-state index contributed by atoms with van der Waals surface area (Å²) in [5, 5.41) is 0. The van der Waals surface area contributed by atoms with E-state index in [1.807, 2.05) is 13.8 Å². The Morgan fingerprint density at radius 2 is 1.71 bits per heavy atom. The molecule has 0 saturated carbocycles. The lowest BCUT2D eigenvalue weighted by Gasteiger charge is -2.12. The molecule has 0 fully saturated rings. The maximum absolute atomic E-state index is 11.1. The van der Waals surface area contributed by atoms with Crippen LogP contribution in [0.25, 0.3) is 0 Å². The summed E-state index contributed by atoms with van der Waals surface area (Å²) in [6.45, 7) is 3.82. The molecule has 3 nitrogen and oxygen atoms in total. The SMILES string of the molecule is CCC(=O)OC(C)CCCCCCc1ccccc1.O=P. The number of ether oxygens (including phenoxy) is 1. The van der Waals surface area contributed by atoms with E-state index in [4.69, 9.17) is 9.30 Å². The van der Waals surface area contributed by atoms with Gasteiger partial charge >= 0.3 is 5.97 Å². The third kappa shape index (κ3) is 11.2. The van der Waals surface area contributed by atoms with E-state index < -0.39 is 0 Å². The number of carbonyl (C=O) groups is 1. The average molecular weight is 310 g/mol. The first-order valence-corrected chi connectivity index (χ1v) is 8.07. The molecule has 0 heterocycles. The number of benzene rings is 1. The Bertz CT molecular complexity index is 368. The molecular weight excluding hydrogens is 283 g/mol. The highest BCUT2D eigenvalue weighted by Crippen LogP contribution is 2.11. The van der Waals surface area contributed by atoms with E-state index >= 15 is 0 Å². The molecule has 0 aliphatic rings. The number of hydrogen-bond donors (Lipinski definition) is 0. The van der Waals surface area contributed by atoms with E-state index in [0.717, 1.165) is 12.8 Å². The van der Waals surface area contributed by atoms with Crippen molar-refractivity contribution in [3.05, 3.63) is 35.9 Å². The number of hydrogen-bond acceptors (Lipinski definition) is 3. The number of unbranched alkanes of at least 4 members (excludes halogenated alkanes) is 3. The number of aryl methyl sites for hydroxylation is 1. The zero-order valence-corrected chi connectivity index (χ0v) is 14.1. The van der Waals surface area contributed by atoms with Crippen LogP contribution in [0.5, 0.6) is 0 Å². The van der Waals surface area contributed by atoms with Gasteiger partial charge < -0.3 is 4.74 Å². The van der Waals surface area contributed by atoms with Crippen LogP contribution in [0.4, 0.5) is 0 Å². The van der Waals surface area contributed by atoms with Gasteiger partial charge in [-0.2, -0.15) is 0 Å². The maximum atomic E-state index is 11.1. The van der Waals surface area contributed by atoms with Crippen molar-refractivity contribution in [1.29, 1.82) is 0 Å². The molecule has 0 aromatic heterocycles. The topological polar surface area (TPSA) is 43.4 Å². The Morgan fingerprint density at radius 1 is 1.10 bits per heavy atom. The molecule has 0 saturated heterocycles. The minimum Gasteiger partial charge on any atom is -0.463 e. The molecule has 0 spiro atoms. The number of carbonyl (C=O) groups excluding carboxylic acids is 1. The van der Waals surface area contributed by atoms with Gasteiger partial charge in [0, 0.05) is 6.42 Å². The van der Waals surface area contributed by atoms with Gasteiger partial charge in [0.2, 0.25) is 0 Å². The zero-order valence-electron chi connectivity index (χ0n) is 13.1. The van der Waals surface area contributed by atoms with Crippen LogP contribution in [-0.4, -0.2) is 12.1 Å². The number of esters is 1. The zero-order chi connectivity index (χ0) is 15.9. The molecule has 1 rings (SSSR count). The van der Waals surface area contributed by atoms with Crippen molar-refractivity contribution in [2.45, 2.75) is 64.9 Å². The van der Waals surface area contributed by atoms with Crippen LogP contribution < -0.4 is 0 Å². The van der Waals surface area contributed by atoms with Gasteiger partial charge in [-0.25, -0.2) is 0 Å². The fourth-order valence-electron chi connectivity index (χ4n) is 2.13. The summed E-state index contributed by atoms with van der Waals surface area (Å²) in [6.07, 6.45) is 7.56. The second kappa shape index (κ2) is 13.8. The molecule has 0 amide bonds. The second-order valence-electron chi connectivity index (χ2n) is 5.09. The highest BCUT2D eigenvalue weighted by Gasteiger charge is 2.06. The van der Waals surface area contributed by atoms with Crippen molar-refractivity contribution in [1.82, 2.24) is 0 Å². The summed E-state index contributed by atoms with van der Waals surface area (Å²) >= 11 is 0. The quantitative estimate of drug-likeness (QED) is 0.366. The summed E-state index contributed by atoms with van der Waals surface area (Å²) in [7, 11) is 1.72. The summed E-state index contributed by atoms with van der Waals surface area (Å²) in [6, 6.07) is 10.6. The highest BCUT2D eigenvalue weighted by atomic mass is 31.0. The van der Waals surface area contributed by atoms with Crippen LogP contribution in [0, 0.1) is 0 Å². The van der Waals surface area contributed by atoms with Crippen molar-refractivity contribution in [3.63, 3.8) is 0 Å². The van der Waals surface area contributed by atoms with E-state index in [1.54, 1.807) is 9.12 Å². The van der Waals surface area contributed by atoms with Gasteiger partial charge in [0.05, 0.1) is 6.10 Å². The fraction of sp³-hybridized carbons (Fsp3) is 0.588. The minimum absolute atomic E-state index is 0.0709. The molecule has 1 unspecified atom stereocenters. The first kappa shape index (κ1) is 19.8. The van der Waals surface area contributed by atoms with Crippen LogP contribution in [0.3, 0.4) is 0 Å². The van der Waals surface area contributed by atoms with Crippen LogP contribution in [0.2, 0.25) is 0 Å². The lowest BCUT2D eigenvalue weighted by Crippen LogP contribution is -2.13. The van der Waals surface area contributed by atoms with Gasteiger partial charge in [-0.05, 0) is 38.2 Å². The first-order valence-electron chi connectivity index (χ1n) is 7.66. The van der Waals surface area contributed by atoms with Gasteiger partial charge in [0.15, 0.2) is 0 Å². The van der Waals surface area contributed by atoms with E-state index in [-0.39, 0.29) is 12.1 Å². The lowest BCUT2D eigenvalue weighted by atomic mass is 10.0. The predicted octanol–water partition coefficient (Wildman–Crippen LogP) is 5.00. The molecule has 21 heavy (non-hydrogen) atoms. The van der Waals surface area contributed by atoms with Gasteiger partial charge in [-0.1, -0.05) is 50.1 Å². The van der Waals surface area contributed by atoms with Crippen LogP contribution in [-0.2, 0) is 20.5 Å². The minimum atomic E-state index is -0.0865. The largest absolute Gasteiger partial charge is 0.463 e. The predicted molar refractivity (Wildman–Crippen MR) is 88.1 cm³/mol. The summed E-state index contributed by atoms with van der Waals surface area (Å²) < 4.78 is 13.3. The summed E-state index contributed by atoms with van der Waals surface area (Å²) in [5.74, 6) is -0.0865. The van der Waals surface area contributed by atoms with E-state index in [9.17, 15) is 4.79 Å². The third-order valence-corrected chi connectivity index (χ3v) is 3.29. The second-order valence-corrected chi connectivity index (χ2v) is 5.09. The molecule has 0 aliphatic heterocycles. The first-order chi connectivity index (χ1) is 10.2. The van der Waals surface area contributed by atoms with Crippen molar-refractivity contribution in [3.8, 4) is 0 Å². The molecule has 1 aromatic carbocycles. The van der Waals surface area contributed by atoms with Crippen LogP contribution in [0.1, 0.15) is 57.9 Å². The fourth-order valence-corrected chi connectivity index (χ4v) is 2.13. The van der Waals surface area contributed by atoms with E-state index in [1.165, 1.54) is 31.2 Å². The maximum Gasteiger partial charge on any atom is 0.305 e. The van der Waals surface area contributed by atoms with Crippen molar-refractivity contribution >= 4 is 15.1 Å². The molecule has 4 heteroatoms. The standard InChI is InChI=1S/C17H26O2.HOP/c1-3-17(18)19-15(2)11-7-4-5-8-12-16-13-9-6-10-14-16;1-2/h6,9-10,13-15H,3-5,7-8,11-12H2,1-2H3;2H. The van der Waals surface area contributed by atoms with Crippen molar-refractivity contribution < 1.29 is 14.1 Å². The van der Waals surface area contributed by atoms with E-state index in [0.29, 0.717) is 6.42 Å². The molecule has 0 bridgehead atoms. The Labute approximate surface area is 130 Å². The number of rotatable bonds is 9. The smallest absolute Gasteiger partial charge is 0.305 e. The lowest BCUT2D eigenvalue weighted by molar-refractivity contribution is -0.148. The van der Waals surface area contributed by atoms with Gasteiger partial charge in [-0.3, -0.25) is 9.36 Å². The van der Waals surface area contributed by atoms with Crippen molar-refractivity contribution in [2.75, 3.05) is 0 Å². The molecule has 118 valence electrons. The summed E-state index contributed by atoms with van der Waals surface area (Å²) in [4.78, 5) is 11.1. The summed E-state index contributed by atoms with van der Waals surface area (Å²) in [5.41, 5.74) is 1.42. The molecule has 1 aromatic rings. The Hall–Kier alpha value is -1.21. The normalized spacial score (nSPS) is 11.1. The molecule has 0 N–H and O–H groups in total. The average Bonchev–Trinajstić information content (AvgIpc) is 2.53. The van der Waals surface area contributed by atoms with Gasteiger partial charge in [0.25, 0.3) is 0 Å². The van der Waals surface area contributed by atoms with E-state index in [2.05, 4.69) is 30.3 Å². The van der Waals surface area contributed by atoms with Gasteiger partial charge in [0.1, 0.15) is 9.12 Å². The third-order valence-electron chi connectivity index (χ3n) is 3.29. The Kier molecular flexibility index (Phi) is 13.0. The van der Waals surface area contributed by atoms with Crippen LogP contribution in [0.15, 0.2) is 30.3 Å². The van der Waals surface area contributed by atoms with Crippen molar-refractivity contribution in [2.24, 2.45) is 0 Å². The van der Waals surface area contributed by atoms with Crippen LogP contribution >= 0.6 is 9.12 Å². The Morgan fingerprint density at radius 3 is 2.33 bits per heavy atom. The molecule has 0 radical (unpaired) electrons. The molecular formula is C17H27O3P.